The molecule has 4 unspecified atom stereocenters. The van der Waals surface area contributed by atoms with Crippen molar-refractivity contribution < 1.29 is 24.3 Å². The Morgan fingerprint density at radius 1 is 0.600 bits per heavy atom. The van der Waals surface area contributed by atoms with Crippen molar-refractivity contribution >= 4 is 56.4 Å². The number of hydrogen-bond donors (Lipinski definition) is 8. The second-order valence-corrected chi connectivity index (χ2v) is 13.0. The molecule has 3 amide bonds. The second kappa shape index (κ2) is 14.7. The van der Waals surface area contributed by atoms with Crippen LogP contribution >= 0.6 is 0 Å². The molecule has 0 saturated heterocycles. The largest absolute Gasteiger partial charge is 0.480 e. The predicted octanol–water partition coefficient (Wildman–Crippen LogP) is 3.68. The van der Waals surface area contributed by atoms with Gasteiger partial charge in [-0.05, 0) is 47.2 Å². The van der Waals surface area contributed by atoms with E-state index >= 15 is 0 Å². The first-order valence-electron chi connectivity index (χ1n) is 16.6. The van der Waals surface area contributed by atoms with Crippen LogP contribution in [0.2, 0.25) is 0 Å². The maximum Gasteiger partial charge on any atom is 0.326 e. The fourth-order valence-corrected chi connectivity index (χ4v) is 6.41. The Labute approximate surface area is 288 Å². The van der Waals surface area contributed by atoms with Gasteiger partial charge in [-0.15, -0.1) is 0 Å². The van der Waals surface area contributed by atoms with Gasteiger partial charge in [-0.25, -0.2) is 4.79 Å². The van der Waals surface area contributed by atoms with E-state index in [2.05, 4.69) is 30.9 Å². The number of fused-ring (bicyclic) bond motifs is 3. The van der Waals surface area contributed by atoms with Gasteiger partial charge in [0.05, 0.1) is 6.04 Å². The van der Waals surface area contributed by atoms with Crippen molar-refractivity contribution in [2.75, 3.05) is 0 Å². The van der Waals surface area contributed by atoms with Crippen molar-refractivity contribution in [2.24, 2.45) is 11.7 Å². The van der Waals surface area contributed by atoms with Crippen LogP contribution in [0.1, 0.15) is 30.5 Å². The molecule has 3 heterocycles. The molecule has 3 aromatic carbocycles. The molecule has 12 heteroatoms. The maximum atomic E-state index is 14.0. The fraction of sp³-hybridized carbons (Fsp3) is 0.263. The minimum Gasteiger partial charge on any atom is -0.480 e. The highest BCUT2D eigenvalue weighted by Gasteiger charge is 2.33. The topological polar surface area (TPSA) is 198 Å². The molecule has 0 radical (unpaired) electrons. The van der Waals surface area contributed by atoms with Crippen molar-refractivity contribution in [3.63, 3.8) is 0 Å². The predicted molar refractivity (Wildman–Crippen MR) is 192 cm³/mol. The molecular formula is C38H41N7O5. The third-order valence-electron chi connectivity index (χ3n) is 9.14. The molecule has 3 aromatic heterocycles. The number of amides is 3. The van der Waals surface area contributed by atoms with Crippen LogP contribution in [0.4, 0.5) is 0 Å². The molecule has 258 valence electrons. The number of para-hydroxylation sites is 3. The van der Waals surface area contributed by atoms with E-state index in [0.29, 0.717) is 0 Å². The van der Waals surface area contributed by atoms with Gasteiger partial charge in [0, 0.05) is 64.1 Å². The minimum absolute atomic E-state index is 0.0391. The zero-order valence-corrected chi connectivity index (χ0v) is 27.8. The van der Waals surface area contributed by atoms with Crippen molar-refractivity contribution in [3.05, 3.63) is 108 Å². The number of carbonyl (C=O) groups is 4. The summed E-state index contributed by atoms with van der Waals surface area (Å²) < 4.78 is 0. The highest BCUT2D eigenvalue weighted by Crippen LogP contribution is 2.22. The van der Waals surface area contributed by atoms with Crippen LogP contribution < -0.4 is 21.7 Å². The van der Waals surface area contributed by atoms with Gasteiger partial charge in [-0.2, -0.15) is 0 Å². The number of nitrogens with one attached hydrogen (secondary N) is 6. The first-order valence-corrected chi connectivity index (χ1v) is 16.6. The number of carboxylic acids is 1. The number of benzene rings is 3. The third-order valence-corrected chi connectivity index (χ3v) is 9.14. The maximum absolute atomic E-state index is 14.0. The van der Waals surface area contributed by atoms with Gasteiger partial charge in [-0.1, -0.05) is 68.4 Å². The van der Waals surface area contributed by atoms with Gasteiger partial charge in [0.2, 0.25) is 17.7 Å². The molecule has 0 saturated carbocycles. The number of carboxylic acid groups (broad SMARTS) is 1. The number of aromatic amines is 3. The zero-order chi connectivity index (χ0) is 35.4. The zero-order valence-electron chi connectivity index (χ0n) is 27.8. The summed E-state index contributed by atoms with van der Waals surface area (Å²) in [5, 5.41) is 21.0. The minimum atomic E-state index is -1.25. The Kier molecular flexibility index (Phi) is 10.0. The highest BCUT2D eigenvalue weighted by atomic mass is 16.4. The van der Waals surface area contributed by atoms with Gasteiger partial charge in [0.25, 0.3) is 0 Å². The van der Waals surface area contributed by atoms with E-state index in [1.165, 1.54) is 0 Å². The molecule has 0 bridgehead atoms. The molecule has 0 aliphatic heterocycles. The number of carbonyl (C=O) groups excluding carboxylic acids is 3. The van der Waals surface area contributed by atoms with E-state index in [4.69, 9.17) is 5.73 Å². The van der Waals surface area contributed by atoms with Crippen LogP contribution in [0, 0.1) is 5.92 Å². The second-order valence-electron chi connectivity index (χ2n) is 13.0. The molecule has 0 aliphatic rings. The van der Waals surface area contributed by atoms with Gasteiger partial charge in [0.15, 0.2) is 0 Å². The lowest BCUT2D eigenvalue weighted by atomic mass is 9.99. The van der Waals surface area contributed by atoms with E-state index in [1.807, 2.05) is 79.0 Å². The molecule has 50 heavy (non-hydrogen) atoms. The summed E-state index contributed by atoms with van der Waals surface area (Å²) in [6.07, 6.45) is 5.74. The van der Waals surface area contributed by atoms with Gasteiger partial charge < -0.3 is 41.7 Å². The van der Waals surface area contributed by atoms with Crippen LogP contribution in [-0.2, 0) is 38.4 Å². The number of aromatic nitrogens is 3. The number of hydrogen-bond acceptors (Lipinski definition) is 5. The third kappa shape index (κ3) is 7.40. The van der Waals surface area contributed by atoms with Crippen molar-refractivity contribution in [3.8, 4) is 0 Å². The summed E-state index contributed by atoms with van der Waals surface area (Å²) in [5.74, 6) is -3.37. The lowest BCUT2D eigenvalue weighted by Crippen LogP contribution is -2.59. The number of aliphatic carboxylic acids is 1. The van der Waals surface area contributed by atoms with E-state index in [1.54, 1.807) is 26.2 Å². The average molecular weight is 676 g/mol. The fourth-order valence-electron chi connectivity index (χ4n) is 6.41. The molecule has 4 atom stereocenters. The van der Waals surface area contributed by atoms with Crippen LogP contribution in [0.5, 0.6) is 0 Å². The van der Waals surface area contributed by atoms with Crippen LogP contribution in [0.25, 0.3) is 32.7 Å². The van der Waals surface area contributed by atoms with E-state index in [0.717, 1.165) is 49.4 Å². The van der Waals surface area contributed by atoms with Gasteiger partial charge in [-0.3, -0.25) is 14.4 Å². The highest BCUT2D eigenvalue weighted by molar-refractivity contribution is 5.95. The van der Waals surface area contributed by atoms with Crippen molar-refractivity contribution in [1.82, 2.24) is 30.9 Å². The van der Waals surface area contributed by atoms with E-state index in [9.17, 15) is 24.3 Å². The molecular weight excluding hydrogens is 634 g/mol. The Morgan fingerprint density at radius 3 is 1.48 bits per heavy atom. The molecule has 12 nitrogen and oxygen atoms in total. The Bertz CT molecular complexity index is 2160. The van der Waals surface area contributed by atoms with Gasteiger partial charge in [0.1, 0.15) is 18.1 Å². The summed E-state index contributed by atoms with van der Waals surface area (Å²) in [7, 11) is 0. The number of H-pyrrole nitrogens is 3. The summed E-state index contributed by atoms with van der Waals surface area (Å²) in [4.78, 5) is 63.0. The lowest BCUT2D eigenvalue weighted by Gasteiger charge is -2.27. The molecule has 6 rings (SSSR count). The Balaban J connectivity index is 1.19. The summed E-state index contributed by atoms with van der Waals surface area (Å²) in [6.45, 7) is 3.51. The average Bonchev–Trinajstić information content (AvgIpc) is 3.83. The molecule has 9 N–H and O–H groups in total. The smallest absolute Gasteiger partial charge is 0.326 e. The Hall–Kier alpha value is -5.88. The first-order chi connectivity index (χ1) is 24.1. The molecule has 0 spiro atoms. The lowest BCUT2D eigenvalue weighted by molar-refractivity contribution is -0.142. The Morgan fingerprint density at radius 2 is 1.02 bits per heavy atom. The van der Waals surface area contributed by atoms with E-state index in [-0.39, 0.29) is 19.3 Å². The first kappa shape index (κ1) is 34.0. The van der Waals surface area contributed by atoms with Crippen LogP contribution in [-0.4, -0.2) is 67.9 Å². The molecule has 0 fully saturated rings. The van der Waals surface area contributed by atoms with Crippen molar-refractivity contribution in [2.45, 2.75) is 57.3 Å². The van der Waals surface area contributed by atoms with E-state index < -0.39 is 53.8 Å². The SMILES string of the molecule is CC(C)C(NC(=O)C(Cc1c[nH]c2ccccc12)NC(=O)C(N)Cc1c[nH]c2ccccc12)C(=O)NC(Cc1c[nH]c2ccccc12)C(=O)O. The number of rotatable bonds is 14. The van der Waals surface area contributed by atoms with Crippen LogP contribution in [0.15, 0.2) is 91.4 Å². The van der Waals surface area contributed by atoms with Crippen molar-refractivity contribution in [1.29, 1.82) is 0 Å². The monoisotopic (exact) mass is 675 g/mol. The standard InChI is InChI=1S/C38H41N7O5/c1-21(2)34(37(48)44-33(38(49)50)17-24-20-42-31-14-8-5-11-27(24)31)45-36(47)32(16-23-19-41-30-13-7-4-10-26(23)30)43-35(46)28(39)15-22-18-40-29-12-6-3-9-25(22)29/h3-14,18-21,28,32-34,40-42H,15-17,39H2,1-2H3,(H,43,46)(H,44,48)(H,45,47)(H,49,50). The van der Waals surface area contributed by atoms with Crippen LogP contribution in [0.3, 0.4) is 0 Å². The normalized spacial score (nSPS) is 14.0. The molecule has 6 aromatic rings. The summed E-state index contributed by atoms with van der Waals surface area (Å²) >= 11 is 0. The quantitative estimate of drug-likeness (QED) is 0.0866. The summed E-state index contributed by atoms with van der Waals surface area (Å²) in [6, 6.07) is 18.5. The molecule has 0 aliphatic carbocycles. The van der Waals surface area contributed by atoms with Gasteiger partial charge >= 0.3 is 5.97 Å². The summed E-state index contributed by atoms with van der Waals surface area (Å²) in [5.41, 5.74) is 11.5. The number of nitrogens with two attached hydrogens (primary N) is 1.